The number of rotatable bonds is 5. The van der Waals surface area contributed by atoms with E-state index in [-0.39, 0.29) is 17.0 Å². The van der Waals surface area contributed by atoms with Crippen molar-refractivity contribution in [2.75, 3.05) is 0 Å². The number of carboxylic acids is 1. The number of aromatic nitrogens is 1. The molecule has 0 fully saturated rings. The Hall–Kier alpha value is -2.19. The van der Waals surface area contributed by atoms with E-state index in [1.165, 1.54) is 6.07 Å². The fourth-order valence-electron chi connectivity index (χ4n) is 3.03. The van der Waals surface area contributed by atoms with Gasteiger partial charge in [-0.05, 0) is 56.4 Å². The first-order valence-corrected chi connectivity index (χ1v) is 9.08. The van der Waals surface area contributed by atoms with Crippen molar-refractivity contribution in [1.29, 1.82) is 0 Å². The summed E-state index contributed by atoms with van der Waals surface area (Å²) in [6.07, 6.45) is 2.16. The average Bonchev–Trinajstić information content (AvgIpc) is 3.11. The lowest BCUT2D eigenvalue weighted by molar-refractivity contribution is 0.0696. The van der Waals surface area contributed by atoms with E-state index in [1.807, 2.05) is 0 Å². The van der Waals surface area contributed by atoms with Crippen LogP contribution in [0.4, 0.5) is 0 Å². The van der Waals surface area contributed by atoms with Gasteiger partial charge in [0.25, 0.3) is 0 Å². The molecule has 1 aliphatic rings. The van der Waals surface area contributed by atoms with E-state index in [9.17, 15) is 18.3 Å². The minimum Gasteiger partial charge on any atom is -0.478 e. The summed E-state index contributed by atoms with van der Waals surface area (Å²) in [5, 5.41) is 13.0. The molecule has 2 aromatic rings. The second-order valence-electron chi connectivity index (χ2n) is 5.90. The molecule has 1 heterocycles. The number of sulfonamides is 1. The molecule has 1 aromatic heterocycles. The van der Waals surface area contributed by atoms with Crippen molar-refractivity contribution < 1.29 is 22.8 Å². The van der Waals surface area contributed by atoms with Gasteiger partial charge in [-0.15, -0.1) is 0 Å². The van der Waals surface area contributed by atoms with Gasteiger partial charge in [-0.2, -0.15) is 0 Å². The molecular formula is C16H18N2O5S. The van der Waals surface area contributed by atoms with Crippen LogP contribution in [-0.2, 0) is 29.4 Å². The summed E-state index contributed by atoms with van der Waals surface area (Å²) in [5.74, 6) is -0.577. The quantitative estimate of drug-likeness (QED) is 0.853. The zero-order valence-electron chi connectivity index (χ0n) is 13.4. The predicted octanol–water partition coefficient (Wildman–Crippen LogP) is 1.96. The number of hydrogen-bond donors (Lipinski definition) is 2. The van der Waals surface area contributed by atoms with Gasteiger partial charge in [-0.25, -0.2) is 17.9 Å². The van der Waals surface area contributed by atoms with Gasteiger partial charge in [-0.1, -0.05) is 5.16 Å². The van der Waals surface area contributed by atoms with Crippen LogP contribution >= 0.6 is 0 Å². The van der Waals surface area contributed by atoms with E-state index in [1.54, 1.807) is 19.9 Å². The maximum atomic E-state index is 12.7. The van der Waals surface area contributed by atoms with Crippen LogP contribution in [0.25, 0.3) is 0 Å². The van der Waals surface area contributed by atoms with Crippen molar-refractivity contribution in [3.05, 3.63) is 45.8 Å². The topological polar surface area (TPSA) is 110 Å². The Morgan fingerprint density at radius 1 is 1.33 bits per heavy atom. The number of nitrogens with zero attached hydrogens (tertiary/aromatic N) is 1. The molecule has 0 atom stereocenters. The summed E-state index contributed by atoms with van der Waals surface area (Å²) in [6, 6.07) is 2.81. The van der Waals surface area contributed by atoms with Gasteiger partial charge < -0.3 is 9.63 Å². The van der Waals surface area contributed by atoms with Crippen LogP contribution in [0.2, 0.25) is 0 Å². The highest BCUT2D eigenvalue weighted by molar-refractivity contribution is 7.89. The molecule has 0 spiro atoms. The van der Waals surface area contributed by atoms with Crippen LogP contribution in [0.5, 0.6) is 0 Å². The highest BCUT2D eigenvalue weighted by Crippen LogP contribution is 2.30. The lowest BCUT2D eigenvalue weighted by Crippen LogP contribution is -2.25. The maximum absolute atomic E-state index is 12.7. The van der Waals surface area contributed by atoms with Crippen molar-refractivity contribution in [2.24, 2.45) is 0 Å². The summed E-state index contributed by atoms with van der Waals surface area (Å²) in [7, 11) is -3.83. The molecule has 0 saturated carbocycles. The van der Waals surface area contributed by atoms with E-state index in [0.29, 0.717) is 35.4 Å². The molecule has 1 aliphatic carbocycles. The number of aryl methyl sites for hydroxylation is 3. The molecule has 0 bridgehead atoms. The molecule has 0 aliphatic heterocycles. The summed E-state index contributed by atoms with van der Waals surface area (Å²) in [6.45, 7) is 3.50. The van der Waals surface area contributed by atoms with Crippen LogP contribution in [0.1, 0.15) is 44.9 Å². The molecule has 24 heavy (non-hydrogen) atoms. The van der Waals surface area contributed by atoms with E-state index >= 15 is 0 Å². The molecule has 0 unspecified atom stereocenters. The summed E-state index contributed by atoms with van der Waals surface area (Å²) in [4.78, 5) is 11.3. The van der Waals surface area contributed by atoms with Gasteiger partial charge in [0, 0.05) is 12.1 Å². The minimum atomic E-state index is -3.83. The molecule has 0 radical (unpaired) electrons. The van der Waals surface area contributed by atoms with E-state index < -0.39 is 16.0 Å². The summed E-state index contributed by atoms with van der Waals surface area (Å²) in [5.41, 5.74) is 2.82. The van der Waals surface area contributed by atoms with Crippen molar-refractivity contribution in [1.82, 2.24) is 9.88 Å². The van der Waals surface area contributed by atoms with Gasteiger partial charge in [0.1, 0.15) is 5.76 Å². The number of benzene rings is 1. The van der Waals surface area contributed by atoms with E-state index in [2.05, 4.69) is 9.88 Å². The maximum Gasteiger partial charge on any atom is 0.335 e. The Balaban J connectivity index is 1.96. The monoisotopic (exact) mass is 350 g/mol. The molecule has 8 heteroatoms. The second kappa shape index (κ2) is 6.03. The number of fused-ring (bicyclic) bond motifs is 1. The molecule has 1 aromatic carbocycles. The van der Waals surface area contributed by atoms with Crippen molar-refractivity contribution in [2.45, 2.75) is 44.6 Å². The fraction of sp³-hybridized carbons (Fsp3) is 0.375. The SMILES string of the molecule is Cc1noc(C)c1CNS(=O)(=O)c1cc(C(=O)O)cc2c1CCC2. The molecule has 2 N–H and O–H groups in total. The van der Waals surface area contributed by atoms with Gasteiger partial charge in [-0.3, -0.25) is 0 Å². The second-order valence-corrected chi connectivity index (χ2v) is 7.63. The summed E-state index contributed by atoms with van der Waals surface area (Å²) >= 11 is 0. The van der Waals surface area contributed by atoms with Crippen molar-refractivity contribution >= 4 is 16.0 Å². The molecule has 0 saturated heterocycles. The minimum absolute atomic E-state index is 0.00614. The Morgan fingerprint density at radius 2 is 2.08 bits per heavy atom. The highest BCUT2D eigenvalue weighted by Gasteiger charge is 2.26. The van der Waals surface area contributed by atoms with Crippen LogP contribution in [0.3, 0.4) is 0 Å². The third kappa shape index (κ3) is 2.94. The standard InChI is InChI=1S/C16H18N2O5S/c1-9-14(10(2)23-18-9)8-17-24(21,22)15-7-12(16(19)20)6-11-4-3-5-13(11)15/h6-7,17H,3-5,8H2,1-2H3,(H,19,20). The van der Waals surface area contributed by atoms with E-state index in [4.69, 9.17) is 4.52 Å². The molecule has 7 nitrogen and oxygen atoms in total. The first-order chi connectivity index (χ1) is 11.3. The number of carboxylic acid groups (broad SMARTS) is 1. The molecule has 0 amide bonds. The third-order valence-electron chi connectivity index (χ3n) is 4.33. The van der Waals surface area contributed by atoms with Gasteiger partial charge >= 0.3 is 5.97 Å². The zero-order valence-corrected chi connectivity index (χ0v) is 14.2. The van der Waals surface area contributed by atoms with Gasteiger partial charge in [0.05, 0.1) is 16.2 Å². The van der Waals surface area contributed by atoms with Crippen molar-refractivity contribution in [3.8, 4) is 0 Å². The lowest BCUT2D eigenvalue weighted by Gasteiger charge is -2.12. The Labute approximate surface area is 139 Å². The zero-order chi connectivity index (χ0) is 17.5. The Kier molecular flexibility index (Phi) is 4.18. The average molecular weight is 350 g/mol. The summed E-state index contributed by atoms with van der Waals surface area (Å²) < 4.78 is 33.0. The highest BCUT2D eigenvalue weighted by atomic mass is 32.2. The first-order valence-electron chi connectivity index (χ1n) is 7.60. The smallest absolute Gasteiger partial charge is 0.335 e. The lowest BCUT2D eigenvalue weighted by atomic mass is 10.1. The van der Waals surface area contributed by atoms with Crippen molar-refractivity contribution in [3.63, 3.8) is 0 Å². The van der Waals surface area contributed by atoms with Gasteiger partial charge in [0.2, 0.25) is 10.0 Å². The molecule has 128 valence electrons. The van der Waals surface area contributed by atoms with Crippen LogP contribution < -0.4 is 4.72 Å². The Morgan fingerprint density at radius 3 is 2.71 bits per heavy atom. The number of nitrogens with one attached hydrogen (secondary N) is 1. The largest absolute Gasteiger partial charge is 0.478 e. The third-order valence-corrected chi connectivity index (χ3v) is 5.80. The molecule has 3 rings (SSSR count). The normalized spacial score (nSPS) is 13.9. The van der Waals surface area contributed by atoms with Gasteiger partial charge in [0.15, 0.2) is 0 Å². The number of hydrogen-bond acceptors (Lipinski definition) is 5. The van der Waals surface area contributed by atoms with Crippen LogP contribution in [0.15, 0.2) is 21.6 Å². The number of aromatic carboxylic acids is 1. The van der Waals surface area contributed by atoms with E-state index in [0.717, 1.165) is 12.0 Å². The van der Waals surface area contributed by atoms with Crippen LogP contribution in [-0.4, -0.2) is 24.7 Å². The first kappa shape index (κ1) is 16.7. The number of carbonyl (C=O) groups is 1. The van der Waals surface area contributed by atoms with Crippen LogP contribution in [0, 0.1) is 13.8 Å². The Bertz CT molecular complexity index is 895. The molecular weight excluding hydrogens is 332 g/mol. The predicted molar refractivity (Wildman–Crippen MR) is 85.4 cm³/mol. The fourth-order valence-corrected chi connectivity index (χ4v) is 4.36.